The number of rotatable bonds is 3. The van der Waals surface area contributed by atoms with Crippen molar-refractivity contribution in [1.29, 1.82) is 0 Å². The fourth-order valence-electron chi connectivity index (χ4n) is 2.90. The number of nitrogens with two attached hydrogens (primary N) is 1. The Morgan fingerprint density at radius 1 is 1.25 bits per heavy atom. The van der Waals surface area contributed by atoms with Gasteiger partial charge in [-0.3, -0.25) is 4.79 Å². The number of nitrogen functional groups attached to an aromatic ring is 1. The summed E-state index contributed by atoms with van der Waals surface area (Å²) in [5.41, 5.74) is 8.97. The predicted molar refractivity (Wildman–Crippen MR) is 97.6 cm³/mol. The number of carbonyl (C=O) groups excluding carboxylic acids is 1. The van der Waals surface area contributed by atoms with Crippen LogP contribution in [-0.2, 0) is 4.79 Å². The van der Waals surface area contributed by atoms with Gasteiger partial charge in [0.2, 0.25) is 5.91 Å². The number of nitrogens with one attached hydrogen (secondary N) is 1. The van der Waals surface area contributed by atoms with Gasteiger partial charge in [0.15, 0.2) is 0 Å². The van der Waals surface area contributed by atoms with Crippen LogP contribution in [0.25, 0.3) is 0 Å². The SMILES string of the molecule is Cc1ccc(NC(=O)CN2CC(C)(C)Oc3cc(N)ccc32)cc1. The lowest BCUT2D eigenvalue weighted by Gasteiger charge is -2.40. The Morgan fingerprint density at radius 2 is 1.96 bits per heavy atom. The molecule has 5 heteroatoms. The quantitative estimate of drug-likeness (QED) is 0.851. The van der Waals surface area contributed by atoms with Crippen LogP contribution >= 0.6 is 0 Å². The number of aryl methyl sites for hydroxylation is 1. The summed E-state index contributed by atoms with van der Waals surface area (Å²) >= 11 is 0. The van der Waals surface area contributed by atoms with Crippen LogP contribution in [0.4, 0.5) is 17.1 Å². The number of benzene rings is 2. The molecule has 2 aromatic rings. The summed E-state index contributed by atoms with van der Waals surface area (Å²) < 4.78 is 5.99. The highest BCUT2D eigenvalue weighted by Gasteiger charge is 2.32. The van der Waals surface area contributed by atoms with Crippen molar-refractivity contribution in [2.45, 2.75) is 26.4 Å². The molecular formula is C19H23N3O2. The molecule has 126 valence electrons. The molecule has 1 amide bonds. The molecular weight excluding hydrogens is 302 g/mol. The van der Waals surface area contributed by atoms with E-state index in [-0.39, 0.29) is 18.1 Å². The van der Waals surface area contributed by atoms with Crippen molar-refractivity contribution in [1.82, 2.24) is 0 Å². The molecule has 2 aromatic carbocycles. The fourth-order valence-corrected chi connectivity index (χ4v) is 2.90. The molecule has 0 bridgehead atoms. The Labute approximate surface area is 142 Å². The summed E-state index contributed by atoms with van der Waals surface area (Å²) in [6.45, 7) is 6.92. The highest BCUT2D eigenvalue weighted by molar-refractivity contribution is 5.94. The third-order valence-electron chi connectivity index (χ3n) is 3.95. The number of ether oxygens (including phenoxy) is 1. The molecule has 24 heavy (non-hydrogen) atoms. The molecule has 0 unspecified atom stereocenters. The van der Waals surface area contributed by atoms with E-state index in [1.165, 1.54) is 0 Å². The molecule has 0 spiro atoms. The smallest absolute Gasteiger partial charge is 0.243 e. The summed E-state index contributed by atoms with van der Waals surface area (Å²) in [5.74, 6) is 0.661. The van der Waals surface area contributed by atoms with Crippen LogP contribution in [0.3, 0.4) is 0 Å². The molecule has 1 aliphatic rings. The van der Waals surface area contributed by atoms with Crippen LogP contribution < -0.4 is 20.7 Å². The van der Waals surface area contributed by atoms with Crippen molar-refractivity contribution in [3.8, 4) is 5.75 Å². The maximum atomic E-state index is 12.4. The second-order valence-electron chi connectivity index (χ2n) is 6.86. The van der Waals surface area contributed by atoms with E-state index < -0.39 is 0 Å². The van der Waals surface area contributed by atoms with Gasteiger partial charge in [0.05, 0.1) is 18.8 Å². The van der Waals surface area contributed by atoms with E-state index in [0.29, 0.717) is 12.2 Å². The van der Waals surface area contributed by atoms with E-state index in [4.69, 9.17) is 10.5 Å². The maximum Gasteiger partial charge on any atom is 0.243 e. The molecule has 3 N–H and O–H groups in total. The zero-order valence-corrected chi connectivity index (χ0v) is 14.3. The summed E-state index contributed by atoms with van der Waals surface area (Å²) in [4.78, 5) is 14.5. The van der Waals surface area contributed by atoms with Gasteiger partial charge in [-0.1, -0.05) is 17.7 Å². The molecule has 5 nitrogen and oxygen atoms in total. The third kappa shape index (κ3) is 3.62. The van der Waals surface area contributed by atoms with Gasteiger partial charge in [-0.15, -0.1) is 0 Å². The van der Waals surface area contributed by atoms with Crippen LogP contribution in [-0.4, -0.2) is 24.6 Å². The lowest BCUT2D eigenvalue weighted by molar-refractivity contribution is -0.115. The van der Waals surface area contributed by atoms with Gasteiger partial charge in [0.25, 0.3) is 0 Å². The molecule has 1 heterocycles. The Hall–Kier alpha value is -2.69. The average molecular weight is 325 g/mol. The fraction of sp³-hybridized carbons (Fsp3) is 0.316. The van der Waals surface area contributed by atoms with Gasteiger partial charge in [-0.25, -0.2) is 0 Å². The highest BCUT2D eigenvalue weighted by atomic mass is 16.5. The zero-order valence-electron chi connectivity index (χ0n) is 14.3. The molecule has 0 saturated carbocycles. The second-order valence-corrected chi connectivity index (χ2v) is 6.86. The van der Waals surface area contributed by atoms with Crippen molar-refractivity contribution in [2.75, 3.05) is 29.0 Å². The minimum absolute atomic E-state index is 0.0562. The largest absolute Gasteiger partial charge is 0.484 e. The Morgan fingerprint density at radius 3 is 2.67 bits per heavy atom. The van der Waals surface area contributed by atoms with Crippen LogP contribution in [0.5, 0.6) is 5.75 Å². The summed E-state index contributed by atoms with van der Waals surface area (Å²) in [5, 5.41) is 2.94. The lowest BCUT2D eigenvalue weighted by Crippen LogP contribution is -2.49. The number of hydrogen-bond acceptors (Lipinski definition) is 4. The van der Waals surface area contributed by atoms with E-state index in [1.807, 2.05) is 62.1 Å². The van der Waals surface area contributed by atoms with Crippen LogP contribution in [0.15, 0.2) is 42.5 Å². The molecule has 1 aliphatic heterocycles. The molecule has 0 saturated heterocycles. The first kappa shape index (κ1) is 16.2. The van der Waals surface area contributed by atoms with E-state index in [1.54, 1.807) is 6.07 Å². The third-order valence-corrected chi connectivity index (χ3v) is 3.95. The number of hydrogen-bond donors (Lipinski definition) is 2. The average Bonchev–Trinajstić information content (AvgIpc) is 2.48. The molecule has 3 rings (SSSR count). The van der Waals surface area contributed by atoms with E-state index in [0.717, 1.165) is 22.7 Å². The standard InChI is InChI=1S/C19H23N3O2/c1-13-4-7-15(8-5-13)21-18(23)11-22-12-19(2,3)24-17-10-14(20)6-9-16(17)22/h4-10H,11-12,20H2,1-3H3,(H,21,23). The number of fused-ring (bicyclic) bond motifs is 1. The number of nitrogens with zero attached hydrogens (tertiary/aromatic N) is 1. The molecule has 0 aromatic heterocycles. The van der Waals surface area contributed by atoms with E-state index in [2.05, 4.69) is 5.32 Å². The summed E-state index contributed by atoms with van der Waals surface area (Å²) in [7, 11) is 0. The predicted octanol–water partition coefficient (Wildman–Crippen LogP) is 3.19. The van der Waals surface area contributed by atoms with E-state index in [9.17, 15) is 4.79 Å². The number of anilines is 3. The summed E-state index contributed by atoms with van der Waals surface area (Å²) in [6, 6.07) is 13.3. The molecule has 0 atom stereocenters. The maximum absolute atomic E-state index is 12.4. The first-order chi connectivity index (χ1) is 11.3. The van der Waals surface area contributed by atoms with Gasteiger partial charge in [0, 0.05) is 17.4 Å². The van der Waals surface area contributed by atoms with Gasteiger partial charge < -0.3 is 20.7 Å². The van der Waals surface area contributed by atoms with E-state index >= 15 is 0 Å². The van der Waals surface area contributed by atoms with Crippen molar-refractivity contribution in [3.05, 3.63) is 48.0 Å². The molecule has 0 fully saturated rings. The Kier molecular flexibility index (Phi) is 4.09. The van der Waals surface area contributed by atoms with Crippen molar-refractivity contribution in [3.63, 3.8) is 0 Å². The lowest BCUT2D eigenvalue weighted by atomic mass is 10.0. The van der Waals surface area contributed by atoms with Crippen LogP contribution in [0.1, 0.15) is 19.4 Å². The summed E-state index contributed by atoms with van der Waals surface area (Å²) in [6.07, 6.45) is 0. The van der Waals surface area contributed by atoms with Gasteiger partial charge in [-0.2, -0.15) is 0 Å². The monoisotopic (exact) mass is 325 g/mol. The van der Waals surface area contributed by atoms with Gasteiger partial charge in [0.1, 0.15) is 11.4 Å². The van der Waals surface area contributed by atoms with Crippen LogP contribution in [0, 0.1) is 6.92 Å². The zero-order chi connectivity index (χ0) is 17.3. The van der Waals surface area contributed by atoms with Crippen molar-refractivity contribution < 1.29 is 9.53 Å². The highest BCUT2D eigenvalue weighted by Crippen LogP contribution is 2.38. The first-order valence-electron chi connectivity index (χ1n) is 8.02. The second kappa shape index (κ2) is 6.07. The van der Waals surface area contributed by atoms with Crippen LogP contribution in [0.2, 0.25) is 0 Å². The van der Waals surface area contributed by atoms with Gasteiger partial charge >= 0.3 is 0 Å². The minimum Gasteiger partial charge on any atom is -0.484 e. The Bertz CT molecular complexity index is 754. The Balaban J connectivity index is 1.76. The normalized spacial score (nSPS) is 15.4. The van der Waals surface area contributed by atoms with Crippen molar-refractivity contribution >= 4 is 23.0 Å². The minimum atomic E-state index is -0.384. The topological polar surface area (TPSA) is 67.6 Å². The van der Waals surface area contributed by atoms with Crippen molar-refractivity contribution in [2.24, 2.45) is 0 Å². The molecule has 0 radical (unpaired) electrons. The molecule has 0 aliphatic carbocycles. The van der Waals surface area contributed by atoms with Gasteiger partial charge in [-0.05, 0) is 45.0 Å². The number of amides is 1. The first-order valence-corrected chi connectivity index (χ1v) is 8.02. The number of carbonyl (C=O) groups is 1.